The number of hydrogen-bond donors (Lipinski definition) is 3. The Morgan fingerprint density at radius 2 is 2.09 bits per heavy atom. The van der Waals surface area contributed by atoms with E-state index in [1.54, 1.807) is 0 Å². The summed E-state index contributed by atoms with van der Waals surface area (Å²) in [7, 11) is 1.33. The number of nitrogens with zero attached hydrogens (tertiary/aromatic N) is 1. The number of carbonyl (C=O) groups is 2. The second kappa shape index (κ2) is 9.34. The van der Waals surface area contributed by atoms with Crippen LogP contribution in [0.25, 0.3) is 10.9 Å². The number of benzene rings is 2. The van der Waals surface area contributed by atoms with E-state index < -0.39 is 5.97 Å². The molecule has 1 aliphatic rings. The van der Waals surface area contributed by atoms with Gasteiger partial charge in [-0.2, -0.15) is 0 Å². The summed E-state index contributed by atoms with van der Waals surface area (Å²) in [6.07, 6.45) is 0. The molecule has 1 unspecified atom stereocenters. The number of quaternary nitrogens is 1. The van der Waals surface area contributed by atoms with Gasteiger partial charge in [0.2, 0.25) is 0 Å². The summed E-state index contributed by atoms with van der Waals surface area (Å²) < 4.78 is 5.76. The minimum absolute atomic E-state index is 0.123. The molecule has 1 fully saturated rings. The average molecular weight is 500 g/mol. The lowest BCUT2D eigenvalue weighted by Crippen LogP contribution is -3.16. The van der Waals surface area contributed by atoms with Crippen molar-refractivity contribution in [1.29, 1.82) is 0 Å². The molecule has 0 bridgehead atoms. The molecule has 3 aromatic rings. The van der Waals surface area contributed by atoms with Crippen molar-refractivity contribution in [1.82, 2.24) is 4.98 Å². The molecule has 2 heterocycles. The predicted molar refractivity (Wildman–Crippen MR) is 130 cm³/mol. The minimum Gasteiger partial charge on any atom is -0.464 e. The first-order chi connectivity index (χ1) is 15.4. The highest BCUT2D eigenvalue weighted by Crippen LogP contribution is 2.30. The molecule has 32 heavy (non-hydrogen) atoms. The third-order valence-electron chi connectivity index (χ3n) is 5.98. The summed E-state index contributed by atoms with van der Waals surface area (Å²) in [5.41, 5.74) is 3.95. The molecule has 4 rings (SSSR count). The monoisotopic (exact) mass is 499 g/mol. The van der Waals surface area contributed by atoms with E-state index in [1.165, 1.54) is 23.3 Å². The van der Waals surface area contributed by atoms with Crippen LogP contribution in [-0.2, 0) is 9.53 Å². The molecule has 1 saturated heterocycles. The summed E-state index contributed by atoms with van der Waals surface area (Å²) in [5, 5.41) is 3.73. The number of aromatic amines is 1. The molecule has 0 saturated carbocycles. The van der Waals surface area contributed by atoms with Crippen LogP contribution in [-0.4, -0.2) is 56.2 Å². The molecule has 168 valence electrons. The number of carbonyl (C=O) groups excluding carboxylic acids is 2. The van der Waals surface area contributed by atoms with Crippen LogP contribution in [0.1, 0.15) is 23.0 Å². The summed E-state index contributed by atoms with van der Waals surface area (Å²) in [5.74, 6) is -0.636. The lowest BCUT2D eigenvalue weighted by molar-refractivity contribution is -0.894. The quantitative estimate of drug-likeness (QED) is 0.471. The van der Waals surface area contributed by atoms with Crippen molar-refractivity contribution in [3.8, 4) is 0 Å². The highest BCUT2D eigenvalue weighted by molar-refractivity contribution is 9.10. The Bertz CT molecular complexity index is 1160. The van der Waals surface area contributed by atoms with E-state index in [1.807, 2.05) is 18.2 Å². The minimum atomic E-state index is -0.514. The first-order valence-electron chi connectivity index (χ1n) is 10.7. The number of amides is 1. The number of piperazine rings is 1. The second-order valence-corrected chi connectivity index (χ2v) is 9.28. The molecule has 3 N–H and O–H groups in total. The Kier molecular flexibility index (Phi) is 6.53. The van der Waals surface area contributed by atoms with Gasteiger partial charge in [0.25, 0.3) is 5.91 Å². The number of nitrogens with one attached hydrogen (secondary N) is 3. The maximum absolute atomic E-state index is 12.9. The molecule has 0 radical (unpaired) electrons. The Morgan fingerprint density at radius 3 is 2.81 bits per heavy atom. The molecule has 0 spiro atoms. The third-order valence-corrected chi connectivity index (χ3v) is 6.47. The topological polar surface area (TPSA) is 78.9 Å². The summed E-state index contributed by atoms with van der Waals surface area (Å²) in [6.45, 7) is 7.27. The smallest absolute Gasteiger partial charge is 0.356 e. The highest BCUT2D eigenvalue weighted by atomic mass is 79.9. The van der Waals surface area contributed by atoms with Gasteiger partial charge in [-0.15, -0.1) is 0 Å². The molecule has 1 amide bonds. The summed E-state index contributed by atoms with van der Waals surface area (Å²) in [6, 6.07) is 14.5. The van der Waals surface area contributed by atoms with Gasteiger partial charge < -0.3 is 24.8 Å². The fourth-order valence-electron chi connectivity index (χ4n) is 4.44. The van der Waals surface area contributed by atoms with Crippen molar-refractivity contribution < 1.29 is 19.2 Å². The molecular formula is C24H28BrN4O3+. The molecular weight excluding hydrogens is 472 g/mol. The number of hydrogen-bond acceptors (Lipinski definition) is 4. The molecule has 2 atom stereocenters. The Morgan fingerprint density at radius 1 is 1.28 bits per heavy atom. The van der Waals surface area contributed by atoms with E-state index in [0.717, 1.165) is 35.0 Å². The highest BCUT2D eigenvalue weighted by Gasteiger charge is 2.29. The van der Waals surface area contributed by atoms with E-state index in [-0.39, 0.29) is 11.6 Å². The van der Waals surface area contributed by atoms with Gasteiger partial charge in [-0.05, 0) is 49.7 Å². The zero-order valence-electron chi connectivity index (χ0n) is 18.5. The number of ether oxygens (including phenoxy) is 1. The van der Waals surface area contributed by atoms with Crippen LogP contribution in [0, 0.1) is 6.92 Å². The van der Waals surface area contributed by atoms with Gasteiger partial charge in [-0.25, -0.2) is 4.79 Å². The number of fused-ring (bicyclic) bond motifs is 1. The van der Waals surface area contributed by atoms with Crippen molar-refractivity contribution in [2.75, 3.05) is 43.5 Å². The summed E-state index contributed by atoms with van der Waals surface area (Å²) in [4.78, 5) is 31.9. The van der Waals surface area contributed by atoms with Gasteiger partial charge in [-0.1, -0.05) is 28.1 Å². The van der Waals surface area contributed by atoms with Crippen molar-refractivity contribution in [2.24, 2.45) is 0 Å². The lowest BCUT2D eigenvalue weighted by atomic mass is 10.1. The lowest BCUT2D eigenvalue weighted by Gasteiger charge is -2.38. The van der Waals surface area contributed by atoms with Gasteiger partial charge in [0.15, 0.2) is 6.54 Å². The van der Waals surface area contributed by atoms with Crippen molar-refractivity contribution >= 4 is 50.1 Å². The Balaban J connectivity index is 1.46. The Labute approximate surface area is 195 Å². The zero-order valence-corrected chi connectivity index (χ0v) is 20.1. The van der Waals surface area contributed by atoms with E-state index in [2.05, 4.69) is 69.2 Å². The largest absolute Gasteiger partial charge is 0.464 e. The zero-order chi connectivity index (χ0) is 22.8. The number of aromatic nitrogens is 1. The number of rotatable bonds is 5. The fraction of sp³-hybridized carbons (Fsp3) is 0.333. The van der Waals surface area contributed by atoms with E-state index in [4.69, 9.17) is 4.74 Å². The Hall–Kier alpha value is -2.84. The van der Waals surface area contributed by atoms with E-state index in [0.29, 0.717) is 18.3 Å². The molecule has 7 nitrogen and oxygen atoms in total. The van der Waals surface area contributed by atoms with E-state index >= 15 is 0 Å². The third kappa shape index (κ3) is 4.66. The number of aryl methyl sites for hydroxylation is 1. The van der Waals surface area contributed by atoms with Gasteiger partial charge in [0.05, 0.1) is 38.5 Å². The van der Waals surface area contributed by atoms with Crippen molar-refractivity contribution in [3.05, 3.63) is 58.2 Å². The number of anilines is 2. The van der Waals surface area contributed by atoms with Crippen molar-refractivity contribution in [2.45, 2.75) is 19.9 Å². The maximum atomic E-state index is 12.9. The average Bonchev–Trinajstić information content (AvgIpc) is 3.10. The van der Waals surface area contributed by atoms with Crippen LogP contribution in [0.4, 0.5) is 11.4 Å². The summed E-state index contributed by atoms with van der Waals surface area (Å²) >= 11 is 3.46. The number of H-pyrrole nitrogens is 1. The van der Waals surface area contributed by atoms with Crippen LogP contribution in [0.2, 0.25) is 0 Å². The number of methoxy groups -OCH3 is 1. The predicted octanol–water partition coefficient (Wildman–Crippen LogP) is 2.76. The SMILES string of the molecule is COC(=O)c1[nH]c2ccc(Br)cc2c1NC(=O)C[NH+]1CCN(c2cccc(C)c2)[C@@H](C)C1. The van der Waals surface area contributed by atoms with Crippen LogP contribution < -0.4 is 15.1 Å². The van der Waals surface area contributed by atoms with Crippen LogP contribution >= 0.6 is 15.9 Å². The van der Waals surface area contributed by atoms with E-state index in [9.17, 15) is 9.59 Å². The molecule has 1 aromatic heterocycles. The van der Waals surface area contributed by atoms with Gasteiger partial charge in [0.1, 0.15) is 5.69 Å². The fourth-order valence-corrected chi connectivity index (χ4v) is 4.80. The standard InChI is InChI=1S/C24H27BrN4O3/c1-15-5-4-6-18(11-15)29-10-9-28(13-16(29)2)14-21(30)27-22-19-12-17(25)7-8-20(19)26-23(22)24(31)32-3/h4-8,11-12,16,26H,9-10,13-14H2,1-3H3,(H,27,30)/p+1/t16-/m0/s1. The van der Waals surface area contributed by atoms with Crippen LogP contribution in [0.15, 0.2) is 46.9 Å². The van der Waals surface area contributed by atoms with Crippen molar-refractivity contribution in [3.63, 3.8) is 0 Å². The normalized spacial score (nSPS) is 18.6. The second-order valence-electron chi connectivity index (χ2n) is 8.37. The molecule has 2 aromatic carbocycles. The van der Waals surface area contributed by atoms with Crippen LogP contribution in [0.5, 0.6) is 0 Å². The first-order valence-corrected chi connectivity index (χ1v) is 11.5. The van der Waals surface area contributed by atoms with Gasteiger partial charge in [0, 0.05) is 21.1 Å². The molecule has 1 aliphatic heterocycles. The number of halogens is 1. The van der Waals surface area contributed by atoms with Gasteiger partial charge in [-0.3, -0.25) is 4.79 Å². The maximum Gasteiger partial charge on any atom is 0.356 e. The first kappa shape index (κ1) is 22.4. The van der Waals surface area contributed by atoms with Gasteiger partial charge >= 0.3 is 5.97 Å². The molecule has 8 heteroatoms. The molecule has 0 aliphatic carbocycles. The number of esters is 1. The van der Waals surface area contributed by atoms with Crippen LogP contribution in [0.3, 0.4) is 0 Å².